The number of nitrogens with zero attached hydrogens (tertiary/aromatic N) is 1. The number of rotatable bonds is 11. The topological polar surface area (TPSA) is 75.7 Å². The number of carbonyl (C=O) groups excluding carboxylic acids is 1. The predicted molar refractivity (Wildman–Crippen MR) is 131 cm³/mol. The number of ether oxygens (including phenoxy) is 1. The molecule has 1 atom stereocenters. The molecule has 0 heterocycles. The first-order chi connectivity index (χ1) is 15.9. The monoisotopic (exact) mass is 466 g/mol. The highest BCUT2D eigenvalue weighted by Crippen LogP contribution is 2.25. The van der Waals surface area contributed by atoms with Crippen molar-refractivity contribution in [2.24, 2.45) is 5.92 Å². The van der Waals surface area contributed by atoms with Gasteiger partial charge in [-0.25, -0.2) is 8.42 Å². The number of methoxy groups -OCH3 is 1. The molecule has 0 bridgehead atoms. The summed E-state index contributed by atoms with van der Waals surface area (Å²) in [4.78, 5) is 13.0. The number of benzene rings is 3. The predicted octanol–water partition coefficient (Wildman–Crippen LogP) is 4.28. The largest absolute Gasteiger partial charge is 0.497 e. The molecule has 0 aromatic heterocycles. The van der Waals surface area contributed by atoms with Gasteiger partial charge in [0, 0.05) is 6.54 Å². The van der Waals surface area contributed by atoms with Gasteiger partial charge in [-0.15, -0.1) is 0 Å². The van der Waals surface area contributed by atoms with Gasteiger partial charge in [-0.05, 0) is 54.3 Å². The van der Waals surface area contributed by atoms with Gasteiger partial charge in [0.1, 0.15) is 12.3 Å². The van der Waals surface area contributed by atoms with Crippen LogP contribution in [0.2, 0.25) is 0 Å². The molecule has 1 amide bonds. The highest BCUT2D eigenvalue weighted by Gasteiger charge is 2.27. The molecule has 7 heteroatoms. The highest BCUT2D eigenvalue weighted by atomic mass is 32.2. The highest BCUT2D eigenvalue weighted by molar-refractivity contribution is 7.92. The number of amides is 1. The third kappa shape index (κ3) is 6.58. The first kappa shape index (κ1) is 24.3. The van der Waals surface area contributed by atoms with E-state index in [0.29, 0.717) is 18.0 Å². The second kappa shape index (κ2) is 11.5. The zero-order chi connectivity index (χ0) is 23.7. The Balaban J connectivity index is 1.75. The maximum absolute atomic E-state index is 13.4. The van der Waals surface area contributed by atoms with Crippen molar-refractivity contribution in [1.82, 2.24) is 5.32 Å². The van der Waals surface area contributed by atoms with Crippen molar-refractivity contribution in [2.75, 3.05) is 24.5 Å². The van der Waals surface area contributed by atoms with Crippen LogP contribution in [0.4, 0.5) is 5.69 Å². The summed E-state index contributed by atoms with van der Waals surface area (Å²) in [7, 11) is -2.39. The van der Waals surface area contributed by atoms with Crippen LogP contribution in [-0.4, -0.2) is 34.5 Å². The Bertz CT molecular complexity index is 1120. The Morgan fingerprint density at radius 1 is 0.939 bits per heavy atom. The van der Waals surface area contributed by atoms with E-state index in [1.54, 1.807) is 49.6 Å². The summed E-state index contributed by atoms with van der Waals surface area (Å²) in [6.45, 7) is 2.25. The fourth-order valence-electron chi connectivity index (χ4n) is 3.54. The SMILES string of the molecule is CCC(CNC(=O)CN(c1ccc(OC)cc1)S(=O)(=O)c1ccccc1)Cc1ccccc1. The fourth-order valence-corrected chi connectivity index (χ4v) is 4.98. The second-order valence-corrected chi connectivity index (χ2v) is 9.65. The summed E-state index contributed by atoms with van der Waals surface area (Å²) in [5, 5.41) is 2.93. The molecule has 0 saturated carbocycles. The van der Waals surface area contributed by atoms with Crippen LogP contribution >= 0.6 is 0 Å². The molecule has 1 unspecified atom stereocenters. The van der Waals surface area contributed by atoms with Crippen molar-refractivity contribution in [3.63, 3.8) is 0 Å². The average Bonchev–Trinajstić information content (AvgIpc) is 2.86. The van der Waals surface area contributed by atoms with Gasteiger partial charge in [0.05, 0.1) is 17.7 Å². The van der Waals surface area contributed by atoms with E-state index < -0.39 is 10.0 Å². The lowest BCUT2D eigenvalue weighted by atomic mass is 9.97. The van der Waals surface area contributed by atoms with Gasteiger partial charge in [0.2, 0.25) is 5.91 Å². The van der Waals surface area contributed by atoms with Crippen molar-refractivity contribution < 1.29 is 17.9 Å². The first-order valence-corrected chi connectivity index (χ1v) is 12.4. The van der Waals surface area contributed by atoms with Crippen LogP contribution in [0.1, 0.15) is 18.9 Å². The molecule has 0 aliphatic heterocycles. The number of sulfonamides is 1. The van der Waals surface area contributed by atoms with Crippen LogP contribution in [0, 0.1) is 5.92 Å². The zero-order valence-corrected chi connectivity index (χ0v) is 19.8. The van der Waals surface area contributed by atoms with Gasteiger partial charge in [-0.2, -0.15) is 0 Å². The molecule has 33 heavy (non-hydrogen) atoms. The van der Waals surface area contributed by atoms with Gasteiger partial charge in [0.15, 0.2) is 0 Å². The van der Waals surface area contributed by atoms with Gasteiger partial charge >= 0.3 is 0 Å². The number of carbonyl (C=O) groups is 1. The summed E-state index contributed by atoms with van der Waals surface area (Å²) in [6, 6.07) is 24.9. The molecule has 0 saturated heterocycles. The number of hydrogen-bond acceptors (Lipinski definition) is 4. The smallest absolute Gasteiger partial charge is 0.264 e. The summed E-state index contributed by atoms with van der Waals surface area (Å²) in [5.74, 6) is 0.514. The van der Waals surface area contributed by atoms with E-state index in [9.17, 15) is 13.2 Å². The Labute approximate surface area is 196 Å². The lowest BCUT2D eigenvalue weighted by Crippen LogP contribution is -2.42. The van der Waals surface area contributed by atoms with Gasteiger partial charge in [-0.3, -0.25) is 9.10 Å². The Kier molecular flexibility index (Phi) is 8.49. The molecule has 174 valence electrons. The molecule has 0 spiro atoms. The maximum Gasteiger partial charge on any atom is 0.264 e. The minimum Gasteiger partial charge on any atom is -0.497 e. The van der Waals surface area contributed by atoms with Gasteiger partial charge in [-0.1, -0.05) is 61.9 Å². The normalized spacial score (nSPS) is 12.1. The van der Waals surface area contributed by atoms with Crippen LogP contribution < -0.4 is 14.4 Å². The standard InChI is InChI=1S/C26H30N2O4S/c1-3-21(18-22-10-6-4-7-11-22)19-27-26(29)20-28(23-14-16-24(32-2)17-15-23)33(30,31)25-12-8-5-9-13-25/h4-17,21H,3,18-20H2,1-2H3,(H,27,29). The van der Waals surface area contributed by atoms with E-state index in [-0.39, 0.29) is 23.3 Å². The quantitative estimate of drug-likeness (QED) is 0.458. The van der Waals surface area contributed by atoms with E-state index in [1.807, 2.05) is 18.2 Å². The van der Waals surface area contributed by atoms with Crippen molar-refractivity contribution in [3.8, 4) is 5.75 Å². The number of hydrogen-bond donors (Lipinski definition) is 1. The van der Waals surface area contributed by atoms with E-state index in [2.05, 4.69) is 24.4 Å². The first-order valence-electron chi connectivity index (χ1n) is 11.0. The van der Waals surface area contributed by atoms with Crippen LogP contribution in [0.25, 0.3) is 0 Å². The van der Waals surface area contributed by atoms with E-state index in [0.717, 1.165) is 17.1 Å². The minimum atomic E-state index is -3.93. The van der Waals surface area contributed by atoms with Crippen LogP contribution in [0.5, 0.6) is 5.75 Å². The molecular formula is C26H30N2O4S. The number of anilines is 1. The molecule has 0 aliphatic carbocycles. The summed E-state index contributed by atoms with van der Waals surface area (Å²) < 4.78 is 33.1. The molecule has 1 N–H and O–H groups in total. The molecule has 3 rings (SSSR count). The second-order valence-electron chi connectivity index (χ2n) is 7.79. The fraction of sp³-hybridized carbons (Fsp3) is 0.269. The minimum absolute atomic E-state index is 0.129. The van der Waals surface area contributed by atoms with Crippen LogP contribution in [0.15, 0.2) is 89.8 Å². The van der Waals surface area contributed by atoms with Crippen LogP contribution in [-0.2, 0) is 21.2 Å². The maximum atomic E-state index is 13.4. The zero-order valence-electron chi connectivity index (χ0n) is 19.0. The summed E-state index contributed by atoms with van der Waals surface area (Å²) in [5.41, 5.74) is 1.61. The Morgan fingerprint density at radius 2 is 1.55 bits per heavy atom. The lowest BCUT2D eigenvalue weighted by Gasteiger charge is -2.25. The third-order valence-electron chi connectivity index (χ3n) is 5.51. The molecule has 3 aromatic rings. The molecule has 0 radical (unpaired) electrons. The molecule has 0 aliphatic rings. The van der Waals surface area contributed by atoms with Crippen molar-refractivity contribution in [3.05, 3.63) is 90.5 Å². The Morgan fingerprint density at radius 3 is 2.12 bits per heavy atom. The van der Waals surface area contributed by atoms with Gasteiger partial charge in [0.25, 0.3) is 10.0 Å². The Hall–Kier alpha value is -3.32. The molecule has 6 nitrogen and oxygen atoms in total. The van der Waals surface area contributed by atoms with Crippen molar-refractivity contribution in [1.29, 1.82) is 0 Å². The van der Waals surface area contributed by atoms with Crippen molar-refractivity contribution >= 4 is 21.6 Å². The van der Waals surface area contributed by atoms with Crippen LogP contribution in [0.3, 0.4) is 0 Å². The molecule has 0 fully saturated rings. The van der Waals surface area contributed by atoms with Crippen molar-refractivity contribution in [2.45, 2.75) is 24.7 Å². The van der Waals surface area contributed by atoms with Gasteiger partial charge < -0.3 is 10.1 Å². The van der Waals surface area contributed by atoms with E-state index in [4.69, 9.17) is 4.74 Å². The summed E-state index contributed by atoms with van der Waals surface area (Å²) in [6.07, 6.45) is 1.75. The lowest BCUT2D eigenvalue weighted by molar-refractivity contribution is -0.119. The number of nitrogens with one attached hydrogen (secondary N) is 1. The van der Waals surface area contributed by atoms with E-state index >= 15 is 0 Å². The molecular weight excluding hydrogens is 436 g/mol. The average molecular weight is 467 g/mol. The van der Waals surface area contributed by atoms with E-state index in [1.165, 1.54) is 17.7 Å². The molecule has 3 aromatic carbocycles. The summed E-state index contributed by atoms with van der Waals surface area (Å²) >= 11 is 0. The third-order valence-corrected chi connectivity index (χ3v) is 7.30.